The van der Waals surface area contributed by atoms with E-state index in [0.717, 1.165) is 37.2 Å². The highest BCUT2D eigenvalue weighted by atomic mass is 32.1. The van der Waals surface area contributed by atoms with Crippen molar-refractivity contribution in [3.63, 3.8) is 0 Å². The molecule has 4 nitrogen and oxygen atoms in total. The maximum Gasteiger partial charge on any atom is 0.273 e. The first-order valence-corrected chi connectivity index (χ1v) is 8.59. The van der Waals surface area contributed by atoms with Gasteiger partial charge in [-0.1, -0.05) is 23.5 Å². The minimum absolute atomic E-state index is 0.586. The quantitative estimate of drug-likeness (QED) is 0.817. The normalized spacial score (nSPS) is 19.0. The van der Waals surface area contributed by atoms with E-state index in [-0.39, 0.29) is 0 Å². The maximum absolute atomic E-state index is 5.78. The van der Waals surface area contributed by atoms with Crippen LogP contribution >= 0.6 is 11.3 Å². The number of aromatic nitrogens is 1. The minimum atomic E-state index is 0.586. The Balaban J connectivity index is 1.51. The molecular formula is C17H22N2O2S. The summed E-state index contributed by atoms with van der Waals surface area (Å²) < 4.78 is 11.1. The number of ether oxygens (including phenoxy) is 2. The number of hydrogen-bond donors (Lipinski definition) is 0. The second kappa shape index (κ2) is 7.61. The number of methoxy groups -OCH3 is 1. The van der Waals surface area contributed by atoms with Crippen molar-refractivity contribution in [3.8, 4) is 10.9 Å². The Morgan fingerprint density at radius 1 is 1.41 bits per heavy atom. The summed E-state index contributed by atoms with van der Waals surface area (Å²) in [5, 5.41) is 2.73. The molecule has 1 aromatic carbocycles. The van der Waals surface area contributed by atoms with Crippen LogP contribution in [0.15, 0.2) is 35.8 Å². The molecule has 1 aromatic heterocycles. The van der Waals surface area contributed by atoms with Crippen molar-refractivity contribution < 1.29 is 9.47 Å². The summed E-state index contributed by atoms with van der Waals surface area (Å²) in [5.74, 6) is 1.52. The van der Waals surface area contributed by atoms with Gasteiger partial charge in [-0.2, -0.15) is 0 Å². The summed E-state index contributed by atoms with van der Waals surface area (Å²) >= 11 is 1.56. The lowest BCUT2D eigenvalue weighted by Crippen LogP contribution is -2.37. The van der Waals surface area contributed by atoms with Gasteiger partial charge >= 0.3 is 0 Å². The number of nitrogens with zero attached hydrogens (tertiary/aromatic N) is 2. The summed E-state index contributed by atoms with van der Waals surface area (Å²) in [4.78, 5) is 6.68. The number of benzene rings is 1. The van der Waals surface area contributed by atoms with Gasteiger partial charge < -0.3 is 9.47 Å². The number of likely N-dealkylation sites (tertiary alicyclic amines) is 1. The molecule has 2 aromatic rings. The van der Waals surface area contributed by atoms with Crippen LogP contribution in [0.3, 0.4) is 0 Å². The summed E-state index contributed by atoms with van der Waals surface area (Å²) in [6.07, 6.45) is 4.26. The van der Waals surface area contributed by atoms with E-state index in [1.165, 1.54) is 18.4 Å². The van der Waals surface area contributed by atoms with Gasteiger partial charge in [-0.3, -0.25) is 4.90 Å². The highest BCUT2D eigenvalue weighted by molar-refractivity contribution is 7.11. The second-order valence-electron chi connectivity index (χ2n) is 5.70. The molecule has 1 saturated heterocycles. The highest BCUT2D eigenvalue weighted by Gasteiger charge is 2.21. The van der Waals surface area contributed by atoms with Gasteiger partial charge in [0.25, 0.3) is 5.19 Å². The molecule has 1 aliphatic heterocycles. The molecule has 5 heteroatoms. The van der Waals surface area contributed by atoms with E-state index in [9.17, 15) is 0 Å². The lowest BCUT2D eigenvalue weighted by atomic mass is 9.98. The van der Waals surface area contributed by atoms with Crippen molar-refractivity contribution in [2.45, 2.75) is 19.4 Å². The first-order chi connectivity index (χ1) is 10.8. The molecule has 0 bridgehead atoms. The zero-order valence-electron chi connectivity index (χ0n) is 12.9. The van der Waals surface area contributed by atoms with Crippen LogP contribution in [-0.2, 0) is 6.54 Å². The fourth-order valence-electron chi connectivity index (χ4n) is 2.93. The number of piperidine rings is 1. The Labute approximate surface area is 135 Å². The van der Waals surface area contributed by atoms with Crippen LogP contribution in [0.5, 0.6) is 10.9 Å². The SMILES string of the molecule is COc1cccc(CN2CCCC(COc3nccs3)C2)c1. The largest absolute Gasteiger partial charge is 0.497 e. The molecule has 0 N–H and O–H groups in total. The van der Waals surface area contributed by atoms with Gasteiger partial charge in [0, 0.05) is 30.6 Å². The van der Waals surface area contributed by atoms with E-state index >= 15 is 0 Å². The van der Waals surface area contributed by atoms with Gasteiger partial charge in [0.05, 0.1) is 13.7 Å². The Kier molecular flexibility index (Phi) is 5.29. The van der Waals surface area contributed by atoms with E-state index in [2.05, 4.69) is 28.1 Å². The predicted molar refractivity (Wildman–Crippen MR) is 88.6 cm³/mol. The van der Waals surface area contributed by atoms with Crippen LogP contribution in [0, 0.1) is 5.92 Å². The Morgan fingerprint density at radius 2 is 2.36 bits per heavy atom. The van der Waals surface area contributed by atoms with Gasteiger partial charge in [0.15, 0.2) is 0 Å². The van der Waals surface area contributed by atoms with Crippen LogP contribution in [-0.4, -0.2) is 36.7 Å². The molecule has 22 heavy (non-hydrogen) atoms. The third-order valence-electron chi connectivity index (χ3n) is 4.00. The van der Waals surface area contributed by atoms with E-state index in [1.807, 2.05) is 11.4 Å². The molecule has 0 radical (unpaired) electrons. The lowest BCUT2D eigenvalue weighted by molar-refractivity contribution is 0.125. The Bertz CT molecular complexity index is 574. The monoisotopic (exact) mass is 318 g/mol. The van der Waals surface area contributed by atoms with Crippen molar-refractivity contribution in [3.05, 3.63) is 41.4 Å². The van der Waals surface area contributed by atoms with Crippen LogP contribution in [0.2, 0.25) is 0 Å². The molecular weight excluding hydrogens is 296 g/mol. The molecule has 0 spiro atoms. The van der Waals surface area contributed by atoms with Gasteiger partial charge in [0.2, 0.25) is 0 Å². The third kappa shape index (κ3) is 4.21. The van der Waals surface area contributed by atoms with Crippen LogP contribution < -0.4 is 9.47 Å². The fourth-order valence-corrected chi connectivity index (χ4v) is 3.43. The van der Waals surface area contributed by atoms with E-state index in [4.69, 9.17) is 9.47 Å². The first-order valence-electron chi connectivity index (χ1n) is 7.71. The number of rotatable bonds is 6. The number of hydrogen-bond acceptors (Lipinski definition) is 5. The average Bonchev–Trinajstić information content (AvgIpc) is 3.07. The van der Waals surface area contributed by atoms with Gasteiger partial charge in [0.1, 0.15) is 5.75 Å². The summed E-state index contributed by atoms with van der Waals surface area (Å²) in [5.41, 5.74) is 1.31. The van der Waals surface area contributed by atoms with Crippen LogP contribution in [0.4, 0.5) is 0 Å². The maximum atomic E-state index is 5.78. The molecule has 0 amide bonds. The molecule has 1 atom stereocenters. The molecule has 0 aliphatic carbocycles. The molecule has 1 unspecified atom stereocenters. The van der Waals surface area contributed by atoms with Crippen molar-refractivity contribution in [2.24, 2.45) is 5.92 Å². The molecule has 1 fully saturated rings. The minimum Gasteiger partial charge on any atom is -0.497 e. The third-order valence-corrected chi connectivity index (χ3v) is 4.68. The Hall–Kier alpha value is -1.59. The van der Waals surface area contributed by atoms with E-state index in [1.54, 1.807) is 24.6 Å². The summed E-state index contributed by atoms with van der Waals surface area (Å²) in [6.45, 7) is 3.99. The highest BCUT2D eigenvalue weighted by Crippen LogP contribution is 2.22. The first kappa shape index (κ1) is 15.3. The van der Waals surface area contributed by atoms with E-state index in [0.29, 0.717) is 5.92 Å². The zero-order valence-corrected chi connectivity index (χ0v) is 13.7. The molecule has 118 valence electrons. The molecule has 1 aliphatic rings. The fraction of sp³-hybridized carbons (Fsp3) is 0.471. The lowest BCUT2D eigenvalue weighted by Gasteiger charge is -2.32. The smallest absolute Gasteiger partial charge is 0.273 e. The van der Waals surface area contributed by atoms with Crippen LogP contribution in [0.25, 0.3) is 0 Å². The predicted octanol–water partition coefficient (Wildman–Crippen LogP) is 3.44. The van der Waals surface area contributed by atoms with Crippen molar-refractivity contribution >= 4 is 11.3 Å². The second-order valence-corrected chi connectivity index (χ2v) is 6.56. The summed E-state index contributed by atoms with van der Waals surface area (Å²) in [7, 11) is 1.71. The van der Waals surface area contributed by atoms with Crippen molar-refractivity contribution in [1.29, 1.82) is 0 Å². The number of thiazole rings is 1. The van der Waals surface area contributed by atoms with Gasteiger partial charge in [-0.15, -0.1) is 0 Å². The van der Waals surface area contributed by atoms with Crippen molar-refractivity contribution in [1.82, 2.24) is 9.88 Å². The summed E-state index contributed by atoms with van der Waals surface area (Å²) in [6, 6.07) is 8.33. The zero-order chi connectivity index (χ0) is 15.2. The molecule has 0 saturated carbocycles. The Morgan fingerprint density at radius 3 is 3.18 bits per heavy atom. The molecule has 2 heterocycles. The average molecular weight is 318 g/mol. The van der Waals surface area contributed by atoms with Crippen LogP contribution in [0.1, 0.15) is 18.4 Å². The topological polar surface area (TPSA) is 34.6 Å². The van der Waals surface area contributed by atoms with Gasteiger partial charge in [-0.05, 0) is 37.1 Å². The van der Waals surface area contributed by atoms with Crippen molar-refractivity contribution in [2.75, 3.05) is 26.8 Å². The van der Waals surface area contributed by atoms with E-state index < -0.39 is 0 Å². The van der Waals surface area contributed by atoms with Gasteiger partial charge in [-0.25, -0.2) is 4.98 Å². The standard InChI is InChI=1S/C17H22N2O2S/c1-20-16-6-2-4-14(10-16)11-19-8-3-5-15(12-19)13-21-17-18-7-9-22-17/h2,4,6-7,9-10,15H,3,5,8,11-13H2,1H3. The molecule has 3 rings (SSSR count).